The number of ether oxygens (including phenoxy) is 2. The van der Waals surface area contributed by atoms with Gasteiger partial charge in [-0.15, -0.1) is 0 Å². The average Bonchev–Trinajstić information content (AvgIpc) is 2.39. The molecular weight excluding hydrogens is 263 g/mol. The molecule has 0 radical (unpaired) electrons. The molecule has 6 heteroatoms. The van der Waals surface area contributed by atoms with Crippen molar-refractivity contribution < 1.29 is 18.7 Å². The first-order valence-corrected chi connectivity index (χ1v) is 6.32. The van der Waals surface area contributed by atoms with E-state index in [0.717, 1.165) is 0 Å². The van der Waals surface area contributed by atoms with Gasteiger partial charge in [0.05, 0.1) is 11.3 Å². The largest absolute Gasteiger partial charge is 0.399 e. The molecule has 0 aliphatic rings. The van der Waals surface area contributed by atoms with Crippen molar-refractivity contribution in [1.82, 2.24) is 0 Å². The lowest BCUT2D eigenvalue weighted by Crippen LogP contribution is -2.26. The zero-order valence-corrected chi connectivity index (χ0v) is 12.0. The molecule has 112 valence electrons. The minimum atomic E-state index is -0.534. The summed E-state index contributed by atoms with van der Waals surface area (Å²) >= 11 is 0. The molecule has 3 N–H and O–H groups in total. The van der Waals surface area contributed by atoms with Crippen molar-refractivity contribution in [1.29, 1.82) is 0 Å². The zero-order chi connectivity index (χ0) is 15.2. The van der Waals surface area contributed by atoms with E-state index < -0.39 is 11.7 Å². The molecule has 0 bridgehead atoms. The Morgan fingerprint density at radius 3 is 2.80 bits per heavy atom. The van der Waals surface area contributed by atoms with E-state index in [1.54, 1.807) is 7.11 Å². The van der Waals surface area contributed by atoms with Gasteiger partial charge >= 0.3 is 0 Å². The van der Waals surface area contributed by atoms with E-state index in [4.69, 9.17) is 15.2 Å². The van der Waals surface area contributed by atoms with Gasteiger partial charge in [0.25, 0.3) is 0 Å². The van der Waals surface area contributed by atoms with Crippen LogP contribution in [0.3, 0.4) is 0 Å². The molecule has 5 nitrogen and oxygen atoms in total. The number of nitrogens with two attached hydrogens (primary N) is 1. The summed E-state index contributed by atoms with van der Waals surface area (Å²) in [6, 6.07) is 3.99. The van der Waals surface area contributed by atoms with E-state index in [9.17, 15) is 9.18 Å². The Labute approximate surface area is 118 Å². The standard InChI is InChI=1S/C14H21FN2O3/c1-14(2,19-3)6-7-20-9-13(18)17-12-8-10(16)4-5-11(12)15/h4-5,8H,6-7,9,16H2,1-3H3,(H,17,18). The summed E-state index contributed by atoms with van der Waals surface area (Å²) in [4.78, 5) is 11.6. The Hall–Kier alpha value is -1.66. The van der Waals surface area contributed by atoms with Gasteiger partial charge in [-0.2, -0.15) is 0 Å². The first-order valence-electron chi connectivity index (χ1n) is 6.32. The van der Waals surface area contributed by atoms with E-state index in [-0.39, 0.29) is 17.9 Å². The van der Waals surface area contributed by atoms with E-state index in [0.29, 0.717) is 18.7 Å². The molecule has 1 aromatic rings. The lowest BCUT2D eigenvalue weighted by molar-refractivity contribution is -0.121. The summed E-state index contributed by atoms with van der Waals surface area (Å²) in [5, 5.41) is 2.41. The van der Waals surface area contributed by atoms with Crippen LogP contribution in [0.25, 0.3) is 0 Å². The number of anilines is 2. The molecule has 0 fully saturated rings. The summed E-state index contributed by atoms with van der Waals surface area (Å²) in [6.45, 7) is 4.10. The average molecular weight is 284 g/mol. The van der Waals surface area contributed by atoms with Gasteiger partial charge in [-0.3, -0.25) is 4.79 Å². The number of benzene rings is 1. The Bertz CT molecular complexity index is 464. The monoisotopic (exact) mass is 284 g/mol. The van der Waals surface area contributed by atoms with Gasteiger partial charge in [-0.25, -0.2) is 4.39 Å². The number of hydrogen-bond acceptors (Lipinski definition) is 4. The molecule has 20 heavy (non-hydrogen) atoms. The van der Waals surface area contributed by atoms with Gasteiger partial charge in [0, 0.05) is 19.4 Å². The van der Waals surface area contributed by atoms with E-state index in [2.05, 4.69) is 5.32 Å². The number of carbonyl (C=O) groups excluding carboxylic acids is 1. The molecule has 0 atom stereocenters. The molecule has 0 aliphatic heterocycles. The number of rotatable bonds is 7. The molecule has 0 unspecified atom stereocenters. The third-order valence-corrected chi connectivity index (χ3v) is 2.90. The van der Waals surface area contributed by atoms with Crippen LogP contribution in [0.2, 0.25) is 0 Å². The van der Waals surface area contributed by atoms with Crippen LogP contribution in [-0.2, 0) is 14.3 Å². The summed E-state index contributed by atoms with van der Waals surface area (Å²) in [5.41, 5.74) is 5.66. The van der Waals surface area contributed by atoms with Crippen LogP contribution in [0.15, 0.2) is 18.2 Å². The molecule has 0 saturated carbocycles. The lowest BCUT2D eigenvalue weighted by atomic mass is 10.1. The maximum Gasteiger partial charge on any atom is 0.250 e. The second-order valence-electron chi connectivity index (χ2n) is 5.05. The summed E-state index contributed by atoms with van der Waals surface area (Å²) in [7, 11) is 1.62. The minimum absolute atomic E-state index is 0.0517. The molecule has 0 aromatic heterocycles. The van der Waals surface area contributed by atoms with Crippen LogP contribution < -0.4 is 11.1 Å². The van der Waals surface area contributed by atoms with Gasteiger partial charge in [0.2, 0.25) is 5.91 Å². The van der Waals surface area contributed by atoms with Crippen LogP contribution in [-0.4, -0.2) is 31.8 Å². The number of nitrogen functional groups attached to an aromatic ring is 1. The highest BCUT2D eigenvalue weighted by molar-refractivity contribution is 5.92. The summed E-state index contributed by atoms with van der Waals surface area (Å²) in [5.74, 6) is -0.960. The van der Waals surface area contributed by atoms with Crippen LogP contribution in [0.1, 0.15) is 20.3 Å². The highest BCUT2D eigenvalue weighted by Gasteiger charge is 2.16. The van der Waals surface area contributed by atoms with Gasteiger partial charge in [0.1, 0.15) is 12.4 Å². The SMILES string of the molecule is COC(C)(C)CCOCC(=O)Nc1cc(N)ccc1F. The van der Waals surface area contributed by atoms with Crippen molar-refractivity contribution in [2.24, 2.45) is 0 Å². The van der Waals surface area contributed by atoms with Gasteiger partial charge in [0.15, 0.2) is 0 Å². The number of amides is 1. The van der Waals surface area contributed by atoms with E-state index in [1.807, 2.05) is 13.8 Å². The van der Waals surface area contributed by atoms with Gasteiger partial charge in [-0.1, -0.05) is 0 Å². The number of methoxy groups -OCH3 is 1. The Morgan fingerprint density at radius 2 is 2.15 bits per heavy atom. The highest BCUT2D eigenvalue weighted by Crippen LogP contribution is 2.17. The molecule has 0 heterocycles. The van der Waals surface area contributed by atoms with Crippen LogP contribution >= 0.6 is 0 Å². The molecule has 0 spiro atoms. The van der Waals surface area contributed by atoms with Gasteiger partial charge in [-0.05, 0) is 38.5 Å². The second-order valence-corrected chi connectivity index (χ2v) is 5.05. The van der Waals surface area contributed by atoms with Crippen molar-refractivity contribution in [2.75, 3.05) is 31.4 Å². The molecule has 0 aliphatic carbocycles. The van der Waals surface area contributed by atoms with Crippen molar-refractivity contribution >= 4 is 17.3 Å². The first kappa shape index (κ1) is 16.4. The smallest absolute Gasteiger partial charge is 0.250 e. The highest BCUT2D eigenvalue weighted by atomic mass is 19.1. The maximum absolute atomic E-state index is 13.4. The third-order valence-electron chi connectivity index (χ3n) is 2.90. The molecule has 1 amide bonds. The molecular formula is C14H21FN2O3. The predicted octanol–water partition coefficient (Wildman–Crippen LogP) is 2.18. The zero-order valence-electron chi connectivity index (χ0n) is 12.0. The Balaban J connectivity index is 2.36. The van der Waals surface area contributed by atoms with Crippen LogP contribution in [0, 0.1) is 5.82 Å². The fraction of sp³-hybridized carbons (Fsp3) is 0.500. The molecule has 1 aromatic carbocycles. The third kappa shape index (κ3) is 5.54. The number of hydrogen-bond donors (Lipinski definition) is 2. The fourth-order valence-corrected chi connectivity index (χ4v) is 1.41. The summed E-state index contributed by atoms with van der Waals surface area (Å²) in [6.07, 6.45) is 0.656. The number of nitrogens with one attached hydrogen (secondary N) is 1. The van der Waals surface area contributed by atoms with Crippen molar-refractivity contribution in [3.8, 4) is 0 Å². The normalized spacial score (nSPS) is 11.4. The predicted molar refractivity (Wildman–Crippen MR) is 76.0 cm³/mol. The van der Waals surface area contributed by atoms with Crippen molar-refractivity contribution in [2.45, 2.75) is 25.9 Å². The fourth-order valence-electron chi connectivity index (χ4n) is 1.41. The number of carbonyl (C=O) groups is 1. The lowest BCUT2D eigenvalue weighted by Gasteiger charge is -2.22. The summed E-state index contributed by atoms with van der Waals surface area (Å²) < 4.78 is 23.8. The Morgan fingerprint density at radius 1 is 1.45 bits per heavy atom. The van der Waals surface area contributed by atoms with E-state index >= 15 is 0 Å². The number of halogens is 1. The van der Waals surface area contributed by atoms with Crippen molar-refractivity contribution in [3.05, 3.63) is 24.0 Å². The first-order chi connectivity index (χ1) is 9.34. The minimum Gasteiger partial charge on any atom is -0.399 e. The van der Waals surface area contributed by atoms with Crippen molar-refractivity contribution in [3.63, 3.8) is 0 Å². The quantitative estimate of drug-likeness (QED) is 0.594. The molecule has 0 saturated heterocycles. The topological polar surface area (TPSA) is 73.6 Å². The maximum atomic E-state index is 13.4. The van der Waals surface area contributed by atoms with E-state index in [1.165, 1.54) is 18.2 Å². The van der Waals surface area contributed by atoms with Crippen LogP contribution in [0.4, 0.5) is 15.8 Å². The Kier molecular flexibility index (Phi) is 5.91. The van der Waals surface area contributed by atoms with Crippen LogP contribution in [0.5, 0.6) is 0 Å². The second kappa shape index (κ2) is 7.21. The van der Waals surface area contributed by atoms with Gasteiger partial charge < -0.3 is 20.5 Å². The molecule has 1 rings (SSSR count).